The van der Waals surface area contributed by atoms with Crippen LogP contribution in [0.5, 0.6) is 5.75 Å². The van der Waals surface area contributed by atoms with Crippen molar-refractivity contribution in [1.82, 2.24) is 19.1 Å². The van der Waals surface area contributed by atoms with E-state index in [9.17, 15) is 28.6 Å². The van der Waals surface area contributed by atoms with Crippen molar-refractivity contribution in [2.45, 2.75) is 52.9 Å². The van der Waals surface area contributed by atoms with Crippen molar-refractivity contribution in [1.29, 1.82) is 0 Å². The van der Waals surface area contributed by atoms with Crippen molar-refractivity contribution in [3.05, 3.63) is 103 Å². The molecule has 0 aromatic carbocycles. The summed E-state index contributed by atoms with van der Waals surface area (Å²) in [7, 11) is 0. The molecule has 0 radical (unpaired) electrons. The number of aliphatic imine (C=N–C) groups is 1. The van der Waals surface area contributed by atoms with Crippen molar-refractivity contribution in [2.75, 3.05) is 0 Å². The minimum absolute atomic E-state index is 0.0381. The monoisotopic (exact) mass is 575 g/mol. The number of rotatable bonds is 8. The van der Waals surface area contributed by atoms with Crippen LogP contribution in [0.2, 0.25) is 5.02 Å². The molecule has 40 heavy (non-hydrogen) atoms. The zero-order valence-electron chi connectivity index (χ0n) is 22.4. The van der Waals surface area contributed by atoms with Crippen LogP contribution in [-0.2, 0) is 12.2 Å². The fourth-order valence-electron chi connectivity index (χ4n) is 3.29. The maximum atomic E-state index is 13.9. The predicted molar refractivity (Wildman–Crippen MR) is 146 cm³/mol. The lowest BCUT2D eigenvalue weighted by Gasteiger charge is -2.17. The minimum atomic E-state index is -1.54. The smallest absolute Gasteiger partial charge is 0.280 e. The van der Waals surface area contributed by atoms with Gasteiger partial charge in [0, 0.05) is 42.6 Å². The van der Waals surface area contributed by atoms with Gasteiger partial charge in [0.05, 0.1) is 12.3 Å². The van der Waals surface area contributed by atoms with Gasteiger partial charge in [0.1, 0.15) is 46.0 Å². The highest BCUT2D eigenvalue weighted by atomic mass is 35.5. The van der Waals surface area contributed by atoms with Gasteiger partial charge in [-0.2, -0.15) is 0 Å². The zero-order chi connectivity index (χ0) is 29.8. The van der Waals surface area contributed by atoms with Crippen molar-refractivity contribution >= 4 is 23.6 Å². The lowest BCUT2D eigenvalue weighted by atomic mass is 10.1. The first kappa shape index (κ1) is 30.5. The Hall–Kier alpha value is -4.00. The van der Waals surface area contributed by atoms with Crippen LogP contribution < -0.4 is 15.9 Å². The Kier molecular flexibility index (Phi) is 9.51. The first-order chi connectivity index (χ1) is 18.7. The number of aliphatic hydroxyl groups is 2. The maximum Gasteiger partial charge on any atom is 0.280 e. The molecule has 0 saturated heterocycles. The van der Waals surface area contributed by atoms with Gasteiger partial charge in [-0.15, -0.1) is 0 Å². The summed E-state index contributed by atoms with van der Waals surface area (Å²) in [5, 5.41) is 19.9. The van der Waals surface area contributed by atoms with Crippen molar-refractivity contribution in [3.8, 4) is 5.75 Å². The molecule has 0 amide bonds. The summed E-state index contributed by atoms with van der Waals surface area (Å²) in [4.78, 5) is 38.1. The molecule has 0 unspecified atom stereocenters. The van der Waals surface area contributed by atoms with E-state index in [1.807, 2.05) is 0 Å². The molecule has 212 valence electrons. The highest BCUT2D eigenvalue weighted by molar-refractivity contribution is 6.31. The van der Waals surface area contributed by atoms with E-state index in [1.54, 1.807) is 20.8 Å². The molecule has 3 aromatic rings. The van der Waals surface area contributed by atoms with E-state index < -0.39 is 41.1 Å². The molecule has 10 nitrogen and oxygen atoms in total. The maximum absolute atomic E-state index is 13.9. The standard InChI is InChI=1S/C27H28ClF2N5O5/c1-15(17(3)36)12-33-22(35-9-7-31-24(26(35)38)27(4,5)39)6-8-34-16(2)10-21(23(28)25(34)37)40-14-20-19(30)11-18(29)13-32-20/h6-13,17,36,39H,14H2,1-5H3/b8-6+,15-12-,33-22+/t17-/m0/s1. The van der Waals surface area contributed by atoms with Crippen LogP contribution in [-0.4, -0.2) is 41.3 Å². The lowest BCUT2D eigenvalue weighted by Crippen LogP contribution is -2.35. The third-order valence-electron chi connectivity index (χ3n) is 5.69. The van der Waals surface area contributed by atoms with Gasteiger partial charge in [-0.1, -0.05) is 11.6 Å². The SMILES string of the molecule is C/C(=C/N=C(\C=C\n1c(C)cc(OCc2ncc(F)cc2F)c(Cl)c1=O)n1ccnc(C(C)(C)O)c1=O)[C@H](C)O. The topological polar surface area (TPSA) is 132 Å². The second-order valence-corrected chi connectivity index (χ2v) is 9.75. The molecule has 0 aliphatic heterocycles. The second kappa shape index (κ2) is 12.5. The predicted octanol–water partition coefficient (Wildman–Crippen LogP) is 3.55. The molecule has 0 aliphatic carbocycles. The van der Waals surface area contributed by atoms with Crippen LogP contribution in [0.25, 0.3) is 6.20 Å². The van der Waals surface area contributed by atoms with E-state index in [2.05, 4.69) is 15.0 Å². The average molecular weight is 576 g/mol. The summed E-state index contributed by atoms with van der Waals surface area (Å²) in [5.41, 5.74) is -2.30. The van der Waals surface area contributed by atoms with E-state index >= 15 is 0 Å². The Balaban J connectivity index is 2.03. The highest BCUT2D eigenvalue weighted by Crippen LogP contribution is 2.23. The number of aryl methyl sites for hydroxylation is 1. The van der Waals surface area contributed by atoms with Crippen molar-refractivity contribution in [2.24, 2.45) is 4.99 Å². The Labute approximate surface area is 233 Å². The van der Waals surface area contributed by atoms with Gasteiger partial charge < -0.3 is 14.9 Å². The first-order valence-corrected chi connectivity index (χ1v) is 12.3. The third kappa shape index (κ3) is 7.14. The molecular formula is C27H28ClF2N5O5. The normalized spacial score (nSPS) is 13.7. The summed E-state index contributed by atoms with van der Waals surface area (Å²) in [6.45, 7) is 7.22. The van der Waals surface area contributed by atoms with E-state index in [0.717, 1.165) is 10.8 Å². The Morgan fingerprint density at radius 1 is 1.25 bits per heavy atom. The van der Waals surface area contributed by atoms with Crippen molar-refractivity contribution < 1.29 is 23.7 Å². The Morgan fingerprint density at radius 3 is 2.58 bits per heavy atom. The number of nitrogens with zero attached hydrogens (tertiary/aromatic N) is 5. The second-order valence-electron chi connectivity index (χ2n) is 9.37. The summed E-state index contributed by atoms with van der Waals surface area (Å²) < 4.78 is 34.8. The fraction of sp³-hybridized carbons (Fsp3) is 0.296. The van der Waals surface area contributed by atoms with Crippen LogP contribution in [0.15, 0.2) is 63.2 Å². The van der Waals surface area contributed by atoms with Crippen LogP contribution in [0.3, 0.4) is 0 Å². The number of ether oxygens (including phenoxy) is 1. The molecular weight excluding hydrogens is 548 g/mol. The van der Waals surface area contributed by atoms with Gasteiger partial charge >= 0.3 is 0 Å². The molecule has 0 aliphatic rings. The molecule has 2 N–H and O–H groups in total. The number of halogens is 3. The molecule has 0 fully saturated rings. The van der Waals surface area contributed by atoms with Crippen molar-refractivity contribution in [3.63, 3.8) is 0 Å². The zero-order valence-corrected chi connectivity index (χ0v) is 23.1. The molecule has 0 bridgehead atoms. The van der Waals surface area contributed by atoms with Gasteiger partial charge in [-0.25, -0.2) is 13.8 Å². The largest absolute Gasteiger partial charge is 0.485 e. The Morgan fingerprint density at radius 2 is 1.95 bits per heavy atom. The fourth-order valence-corrected chi connectivity index (χ4v) is 3.49. The van der Waals surface area contributed by atoms with Gasteiger partial charge in [0.2, 0.25) is 0 Å². The summed E-state index contributed by atoms with van der Waals surface area (Å²) in [6.07, 6.45) is 6.76. The number of allylic oxidation sites excluding steroid dienone is 1. The number of pyridine rings is 2. The number of hydrogen-bond acceptors (Lipinski definition) is 8. The average Bonchev–Trinajstić information content (AvgIpc) is 2.87. The molecule has 0 spiro atoms. The highest BCUT2D eigenvalue weighted by Gasteiger charge is 2.23. The van der Waals surface area contributed by atoms with E-state index in [0.29, 0.717) is 17.3 Å². The van der Waals surface area contributed by atoms with Gasteiger partial charge in [-0.05, 0) is 46.3 Å². The molecule has 3 heterocycles. The molecule has 13 heteroatoms. The van der Waals surface area contributed by atoms with E-state index in [4.69, 9.17) is 16.3 Å². The molecule has 3 aromatic heterocycles. The van der Waals surface area contributed by atoms with Gasteiger partial charge in [0.25, 0.3) is 11.1 Å². The van der Waals surface area contributed by atoms with Crippen LogP contribution in [0.4, 0.5) is 8.78 Å². The van der Waals surface area contributed by atoms with Crippen LogP contribution >= 0.6 is 11.6 Å². The van der Waals surface area contributed by atoms with E-state index in [1.165, 1.54) is 55.4 Å². The van der Waals surface area contributed by atoms with Gasteiger partial charge in [0.15, 0.2) is 5.82 Å². The molecule has 0 saturated carbocycles. The lowest BCUT2D eigenvalue weighted by molar-refractivity contribution is 0.0719. The van der Waals surface area contributed by atoms with Gasteiger partial charge in [-0.3, -0.25) is 28.7 Å². The quantitative estimate of drug-likeness (QED) is 0.310. The first-order valence-electron chi connectivity index (χ1n) is 12.0. The summed E-state index contributed by atoms with van der Waals surface area (Å²) >= 11 is 6.24. The number of aliphatic hydroxyl groups excluding tert-OH is 1. The summed E-state index contributed by atoms with van der Waals surface area (Å²) in [6, 6.07) is 2.10. The summed E-state index contributed by atoms with van der Waals surface area (Å²) in [5.74, 6) is -1.74. The minimum Gasteiger partial charge on any atom is -0.485 e. The molecule has 3 rings (SSSR count). The van der Waals surface area contributed by atoms with E-state index in [-0.39, 0.29) is 28.0 Å². The number of aromatic nitrogens is 4. The van der Waals surface area contributed by atoms with Crippen LogP contribution in [0.1, 0.15) is 44.8 Å². The molecule has 1 atom stereocenters. The number of hydrogen-bond donors (Lipinski definition) is 2. The Bertz CT molecular complexity index is 1620. The third-order valence-corrected chi connectivity index (χ3v) is 6.04. The van der Waals surface area contributed by atoms with Crippen LogP contribution in [0, 0.1) is 18.6 Å².